The number of nitrogens with one attached hydrogen (secondary N) is 1. The molecule has 0 fully saturated rings. The van der Waals surface area contributed by atoms with E-state index in [1.807, 2.05) is 73.8 Å². The van der Waals surface area contributed by atoms with E-state index in [1.54, 1.807) is 41.6 Å². The zero-order valence-corrected chi connectivity index (χ0v) is 24.2. The third kappa shape index (κ3) is 8.11. The van der Waals surface area contributed by atoms with Crippen molar-refractivity contribution >= 4 is 35.2 Å². The fraction of sp³-hybridized carbons (Fsp3) is 0.188. The second-order valence-corrected chi connectivity index (χ2v) is 10.3. The van der Waals surface area contributed by atoms with Gasteiger partial charge in [0.25, 0.3) is 11.8 Å². The molecule has 204 valence electrons. The van der Waals surface area contributed by atoms with Crippen molar-refractivity contribution < 1.29 is 38.4 Å². The predicted octanol–water partition coefficient (Wildman–Crippen LogP) is 1.51. The van der Waals surface area contributed by atoms with Crippen molar-refractivity contribution in [2.24, 2.45) is 0 Å². The summed E-state index contributed by atoms with van der Waals surface area (Å²) >= 11 is 1.49. The van der Waals surface area contributed by atoms with E-state index in [0.717, 1.165) is 16.7 Å². The molecule has 1 unspecified atom stereocenters. The molecule has 0 saturated heterocycles. The molecule has 3 aromatic carbocycles. The summed E-state index contributed by atoms with van der Waals surface area (Å²) in [6.45, 7) is 2.25. The number of rotatable bonds is 11. The number of hydrogen-bond acceptors (Lipinski definition) is 6. The fourth-order valence-electron chi connectivity index (χ4n) is 4.41. The Morgan fingerprint density at radius 3 is 2.34 bits per heavy atom. The third-order valence-electron chi connectivity index (χ3n) is 6.53. The zero-order chi connectivity index (χ0) is 28.5. The summed E-state index contributed by atoms with van der Waals surface area (Å²) in [5.74, 6) is -1.57. The SMILES string of the molecule is CSCCC(NC(=O)c1ccc(C(=O)N(Cc2ccccc2)c2cccnc2)cc1-c1ccccc1C)C(=O)[O-].[Li+]. The van der Waals surface area contributed by atoms with Crippen molar-refractivity contribution in [3.63, 3.8) is 0 Å². The maximum absolute atomic E-state index is 14.0. The van der Waals surface area contributed by atoms with Crippen LogP contribution < -0.4 is 34.2 Å². The summed E-state index contributed by atoms with van der Waals surface area (Å²) in [4.78, 5) is 44.9. The molecule has 0 aliphatic rings. The first kappa shape index (κ1) is 31.7. The molecule has 1 heterocycles. The number of carboxylic acid groups (broad SMARTS) is 1. The standard InChI is InChI=1S/C32H31N3O4S.Li/c1-22-9-6-7-13-26(22)28-19-24(14-15-27(28)30(36)34-29(32(38)39)16-18-40-2)31(37)35(25-12-8-17-33-20-25)21-23-10-4-3-5-11-23;/h3-15,17,19-20,29H,16,18,21H2,1-2H3,(H,34,36)(H,38,39);/q;+1/p-1. The number of benzene rings is 3. The van der Waals surface area contributed by atoms with E-state index >= 15 is 0 Å². The number of aryl methyl sites for hydroxylation is 1. The molecule has 0 bridgehead atoms. The molecular formula is C32H30LiN3O4S. The van der Waals surface area contributed by atoms with Crippen molar-refractivity contribution in [3.05, 3.63) is 120 Å². The van der Waals surface area contributed by atoms with Crippen molar-refractivity contribution in [3.8, 4) is 11.1 Å². The molecule has 1 N–H and O–H groups in total. The van der Waals surface area contributed by atoms with Gasteiger partial charge in [-0.3, -0.25) is 14.6 Å². The Balaban J connectivity index is 0.00000462. The number of aromatic nitrogens is 1. The molecule has 2 amide bonds. The molecule has 0 aliphatic heterocycles. The van der Waals surface area contributed by atoms with E-state index < -0.39 is 17.9 Å². The number of amides is 2. The summed E-state index contributed by atoms with van der Waals surface area (Å²) in [6.07, 6.45) is 5.40. The van der Waals surface area contributed by atoms with Crippen LogP contribution in [0.2, 0.25) is 0 Å². The van der Waals surface area contributed by atoms with Gasteiger partial charge >= 0.3 is 18.9 Å². The van der Waals surface area contributed by atoms with Crippen LogP contribution in [-0.2, 0) is 11.3 Å². The largest absolute Gasteiger partial charge is 1.00 e. The van der Waals surface area contributed by atoms with Crippen LogP contribution >= 0.6 is 11.8 Å². The molecule has 9 heteroatoms. The van der Waals surface area contributed by atoms with E-state index in [2.05, 4.69) is 10.3 Å². The molecule has 41 heavy (non-hydrogen) atoms. The molecule has 0 saturated carbocycles. The van der Waals surface area contributed by atoms with Gasteiger partial charge in [0.1, 0.15) is 0 Å². The van der Waals surface area contributed by atoms with Gasteiger partial charge in [-0.05, 0) is 77.9 Å². The van der Waals surface area contributed by atoms with Gasteiger partial charge in [0.05, 0.1) is 30.4 Å². The second-order valence-electron chi connectivity index (χ2n) is 9.29. The smallest absolute Gasteiger partial charge is 0.548 e. The number of nitrogens with zero attached hydrogens (tertiary/aromatic N) is 2. The Labute approximate surface area is 256 Å². The topological polar surface area (TPSA) is 102 Å². The van der Waals surface area contributed by atoms with Crippen LogP contribution in [0.25, 0.3) is 11.1 Å². The number of carbonyl (C=O) groups excluding carboxylic acids is 3. The molecule has 0 aliphatic carbocycles. The first-order chi connectivity index (χ1) is 19.4. The molecule has 0 radical (unpaired) electrons. The fourth-order valence-corrected chi connectivity index (χ4v) is 4.88. The quantitative estimate of drug-likeness (QED) is 0.280. The second kappa shape index (κ2) is 15.2. The van der Waals surface area contributed by atoms with Gasteiger partial charge in [0, 0.05) is 17.3 Å². The zero-order valence-electron chi connectivity index (χ0n) is 23.4. The maximum Gasteiger partial charge on any atom is 1.00 e. The van der Waals surface area contributed by atoms with Crippen molar-refractivity contribution in [1.82, 2.24) is 10.3 Å². The van der Waals surface area contributed by atoms with Crippen LogP contribution in [0, 0.1) is 6.92 Å². The van der Waals surface area contributed by atoms with Crippen LogP contribution in [0.4, 0.5) is 5.69 Å². The van der Waals surface area contributed by atoms with Gasteiger partial charge in [-0.15, -0.1) is 0 Å². The Bertz CT molecular complexity index is 1490. The van der Waals surface area contributed by atoms with Crippen LogP contribution in [0.15, 0.2) is 97.3 Å². The number of pyridine rings is 1. The average molecular weight is 560 g/mol. The van der Waals surface area contributed by atoms with Gasteiger partial charge in [-0.25, -0.2) is 0 Å². The predicted molar refractivity (Wildman–Crippen MR) is 157 cm³/mol. The average Bonchev–Trinajstić information content (AvgIpc) is 2.98. The Hall–Kier alpha value is -3.83. The molecule has 7 nitrogen and oxygen atoms in total. The Morgan fingerprint density at radius 2 is 1.68 bits per heavy atom. The molecule has 1 atom stereocenters. The van der Waals surface area contributed by atoms with Crippen LogP contribution in [-0.4, -0.2) is 40.8 Å². The van der Waals surface area contributed by atoms with Crippen LogP contribution in [0.3, 0.4) is 0 Å². The summed E-state index contributed by atoms with van der Waals surface area (Å²) in [6, 6.07) is 24.6. The van der Waals surface area contributed by atoms with Crippen molar-refractivity contribution in [1.29, 1.82) is 0 Å². The van der Waals surface area contributed by atoms with Gasteiger partial charge in [0.2, 0.25) is 0 Å². The maximum atomic E-state index is 14.0. The first-order valence-corrected chi connectivity index (χ1v) is 14.2. The van der Waals surface area contributed by atoms with Gasteiger partial charge in [-0.1, -0.05) is 54.6 Å². The van der Waals surface area contributed by atoms with Gasteiger partial charge in [0.15, 0.2) is 0 Å². The minimum atomic E-state index is -1.33. The molecule has 4 rings (SSSR count). The number of carboxylic acids is 1. The number of carbonyl (C=O) groups is 3. The minimum Gasteiger partial charge on any atom is -0.548 e. The van der Waals surface area contributed by atoms with Crippen LogP contribution in [0.1, 0.15) is 38.3 Å². The molecule has 1 aromatic heterocycles. The Kier molecular flexibility index (Phi) is 11.8. The number of thioether (sulfide) groups is 1. The summed E-state index contributed by atoms with van der Waals surface area (Å²) in [5, 5.41) is 14.3. The normalized spacial score (nSPS) is 11.2. The van der Waals surface area contributed by atoms with E-state index in [4.69, 9.17) is 0 Å². The molecular weight excluding hydrogens is 529 g/mol. The summed E-state index contributed by atoms with van der Waals surface area (Å²) < 4.78 is 0. The number of hydrogen-bond donors (Lipinski definition) is 1. The third-order valence-corrected chi connectivity index (χ3v) is 7.18. The van der Waals surface area contributed by atoms with Gasteiger partial charge in [-0.2, -0.15) is 11.8 Å². The summed E-state index contributed by atoms with van der Waals surface area (Å²) in [7, 11) is 0. The van der Waals surface area contributed by atoms with Crippen molar-refractivity contribution in [2.45, 2.75) is 25.9 Å². The van der Waals surface area contributed by atoms with E-state index in [9.17, 15) is 19.5 Å². The number of anilines is 1. The van der Waals surface area contributed by atoms with Gasteiger partial charge < -0.3 is 20.1 Å². The molecule has 4 aromatic rings. The molecule has 0 spiro atoms. The minimum absolute atomic E-state index is 0. The van der Waals surface area contributed by atoms with Crippen molar-refractivity contribution in [2.75, 3.05) is 16.9 Å². The van der Waals surface area contributed by atoms with Crippen LogP contribution in [0.5, 0.6) is 0 Å². The van der Waals surface area contributed by atoms with E-state index in [0.29, 0.717) is 29.1 Å². The summed E-state index contributed by atoms with van der Waals surface area (Å²) in [5.41, 5.74) is 4.47. The Morgan fingerprint density at radius 1 is 0.951 bits per heavy atom. The van der Waals surface area contributed by atoms with E-state index in [1.165, 1.54) is 11.8 Å². The number of aliphatic carboxylic acids is 1. The monoisotopic (exact) mass is 559 g/mol. The first-order valence-electron chi connectivity index (χ1n) is 12.9. The van der Waals surface area contributed by atoms with E-state index in [-0.39, 0.29) is 36.8 Å².